The van der Waals surface area contributed by atoms with E-state index in [1.807, 2.05) is 6.07 Å². The van der Waals surface area contributed by atoms with Crippen molar-refractivity contribution in [2.45, 2.75) is 45.3 Å². The Morgan fingerprint density at radius 3 is 2.77 bits per heavy atom. The van der Waals surface area contributed by atoms with Crippen LogP contribution in [0, 0.1) is 17.2 Å². The third-order valence-corrected chi connectivity index (χ3v) is 5.55. The molecule has 31 heavy (non-hydrogen) atoms. The van der Waals surface area contributed by atoms with E-state index in [2.05, 4.69) is 25.7 Å². The summed E-state index contributed by atoms with van der Waals surface area (Å²) in [6.45, 7) is 3.51. The van der Waals surface area contributed by atoms with Crippen LogP contribution in [0.1, 0.15) is 49.0 Å². The van der Waals surface area contributed by atoms with E-state index in [4.69, 9.17) is 5.26 Å². The highest BCUT2D eigenvalue weighted by Gasteiger charge is 2.22. The highest BCUT2D eigenvalue weighted by molar-refractivity contribution is 6.00. The third kappa shape index (κ3) is 4.33. The SMILES string of the molecule is CC(C)C(F)CNC(=O)c1cnc(-c2cnc3cc(C#N)cnn23)cc1NC1CCC1. The number of imidazole rings is 1. The lowest BCUT2D eigenvalue weighted by Gasteiger charge is -2.28. The van der Waals surface area contributed by atoms with Gasteiger partial charge in [0.2, 0.25) is 0 Å². The molecule has 0 saturated heterocycles. The van der Waals surface area contributed by atoms with Gasteiger partial charge >= 0.3 is 0 Å². The minimum absolute atomic E-state index is 0.0421. The minimum atomic E-state index is -1.11. The first-order valence-electron chi connectivity index (χ1n) is 10.4. The van der Waals surface area contributed by atoms with Crippen LogP contribution in [-0.2, 0) is 0 Å². The number of alkyl halides is 1. The lowest BCUT2D eigenvalue weighted by molar-refractivity contribution is 0.0935. The van der Waals surface area contributed by atoms with Gasteiger partial charge in [0, 0.05) is 24.8 Å². The summed E-state index contributed by atoms with van der Waals surface area (Å²) in [5, 5.41) is 19.4. The molecule has 9 heteroatoms. The van der Waals surface area contributed by atoms with E-state index in [9.17, 15) is 9.18 Å². The molecule has 0 aliphatic heterocycles. The number of anilines is 1. The van der Waals surface area contributed by atoms with E-state index in [1.54, 1.807) is 36.7 Å². The summed E-state index contributed by atoms with van der Waals surface area (Å²) in [7, 11) is 0. The Labute approximate surface area is 179 Å². The van der Waals surface area contributed by atoms with Crippen LogP contribution in [-0.4, -0.2) is 44.2 Å². The quantitative estimate of drug-likeness (QED) is 0.606. The number of rotatable bonds is 7. The van der Waals surface area contributed by atoms with Crippen LogP contribution in [0.25, 0.3) is 17.0 Å². The number of amides is 1. The van der Waals surface area contributed by atoms with E-state index in [0.717, 1.165) is 19.3 Å². The summed E-state index contributed by atoms with van der Waals surface area (Å²) < 4.78 is 15.5. The third-order valence-electron chi connectivity index (χ3n) is 5.55. The van der Waals surface area contributed by atoms with E-state index in [0.29, 0.717) is 39.9 Å². The van der Waals surface area contributed by atoms with Gasteiger partial charge in [-0.25, -0.2) is 13.9 Å². The summed E-state index contributed by atoms with van der Waals surface area (Å²) in [5.41, 5.74) is 3.22. The number of carbonyl (C=O) groups excluding carboxylic acids is 1. The van der Waals surface area contributed by atoms with Crippen molar-refractivity contribution in [3.05, 3.63) is 41.9 Å². The van der Waals surface area contributed by atoms with Gasteiger partial charge in [-0.1, -0.05) is 13.8 Å². The second-order valence-corrected chi connectivity index (χ2v) is 8.13. The van der Waals surface area contributed by atoms with Crippen molar-refractivity contribution in [2.24, 2.45) is 5.92 Å². The zero-order valence-corrected chi connectivity index (χ0v) is 17.5. The number of nitrogens with one attached hydrogen (secondary N) is 2. The normalized spacial score (nSPS) is 14.8. The van der Waals surface area contributed by atoms with Gasteiger partial charge in [0.05, 0.1) is 34.9 Å². The average molecular weight is 421 g/mol. The Hall–Kier alpha value is -3.54. The second-order valence-electron chi connectivity index (χ2n) is 8.13. The van der Waals surface area contributed by atoms with Gasteiger partial charge in [0.15, 0.2) is 5.65 Å². The van der Waals surface area contributed by atoms with Gasteiger partial charge in [0.25, 0.3) is 5.91 Å². The molecule has 8 nitrogen and oxygen atoms in total. The fraction of sp³-hybridized carbons (Fsp3) is 0.409. The average Bonchev–Trinajstić information content (AvgIpc) is 3.17. The standard InChI is InChI=1S/C22H24FN7O/c1-13(2)17(23)11-27-22(31)16-10-25-19(7-18(16)29-15-4-3-5-15)20-12-26-21-6-14(8-24)9-28-30(20)21/h6-7,9-10,12-13,15,17H,3-5,11H2,1-2H3,(H,25,29)(H,27,31). The van der Waals surface area contributed by atoms with Crippen LogP contribution in [0.3, 0.4) is 0 Å². The smallest absolute Gasteiger partial charge is 0.255 e. The van der Waals surface area contributed by atoms with Crippen molar-refractivity contribution < 1.29 is 9.18 Å². The molecule has 1 unspecified atom stereocenters. The zero-order chi connectivity index (χ0) is 22.0. The summed E-state index contributed by atoms with van der Waals surface area (Å²) in [6, 6.07) is 5.79. The van der Waals surface area contributed by atoms with Crippen LogP contribution >= 0.6 is 0 Å². The van der Waals surface area contributed by atoms with Gasteiger partial charge in [-0.2, -0.15) is 10.4 Å². The van der Waals surface area contributed by atoms with Gasteiger partial charge in [-0.3, -0.25) is 9.78 Å². The first-order chi connectivity index (χ1) is 15.0. The zero-order valence-electron chi connectivity index (χ0n) is 17.5. The molecule has 1 amide bonds. The van der Waals surface area contributed by atoms with Crippen LogP contribution in [0.2, 0.25) is 0 Å². The number of halogens is 1. The molecule has 3 aromatic heterocycles. The van der Waals surface area contributed by atoms with Gasteiger partial charge in [-0.15, -0.1) is 0 Å². The minimum Gasteiger partial charge on any atom is -0.382 e. The summed E-state index contributed by atoms with van der Waals surface area (Å²) >= 11 is 0. The molecule has 0 radical (unpaired) electrons. The maximum absolute atomic E-state index is 13.9. The van der Waals surface area contributed by atoms with Gasteiger partial charge < -0.3 is 10.6 Å². The Bertz CT molecular complexity index is 1150. The predicted octanol–water partition coefficient (Wildman–Crippen LogP) is 3.35. The van der Waals surface area contributed by atoms with Crippen molar-refractivity contribution >= 4 is 17.2 Å². The lowest BCUT2D eigenvalue weighted by atomic mass is 9.92. The van der Waals surface area contributed by atoms with Crippen LogP contribution < -0.4 is 10.6 Å². The fourth-order valence-electron chi connectivity index (χ4n) is 3.30. The molecule has 1 fully saturated rings. The molecule has 1 aliphatic carbocycles. The summed E-state index contributed by atoms with van der Waals surface area (Å²) in [5.74, 6) is -0.531. The number of nitriles is 1. The fourth-order valence-corrected chi connectivity index (χ4v) is 3.30. The van der Waals surface area contributed by atoms with Crippen molar-refractivity contribution in [1.29, 1.82) is 5.26 Å². The van der Waals surface area contributed by atoms with Gasteiger partial charge in [0.1, 0.15) is 17.9 Å². The summed E-state index contributed by atoms with van der Waals surface area (Å²) in [6.07, 6.45) is 6.70. The molecule has 1 aliphatic rings. The van der Waals surface area contributed by atoms with Crippen molar-refractivity contribution in [2.75, 3.05) is 11.9 Å². The van der Waals surface area contributed by atoms with E-state index in [-0.39, 0.29) is 18.4 Å². The first kappa shape index (κ1) is 20.7. The highest BCUT2D eigenvalue weighted by atomic mass is 19.1. The number of nitrogens with zero attached hydrogens (tertiary/aromatic N) is 5. The summed E-state index contributed by atoms with van der Waals surface area (Å²) in [4.78, 5) is 21.5. The van der Waals surface area contributed by atoms with Crippen molar-refractivity contribution in [3.8, 4) is 17.5 Å². The monoisotopic (exact) mass is 421 g/mol. The number of carbonyl (C=O) groups is 1. The lowest BCUT2D eigenvalue weighted by Crippen LogP contribution is -2.34. The van der Waals surface area contributed by atoms with Crippen LogP contribution in [0.5, 0.6) is 0 Å². The first-order valence-corrected chi connectivity index (χ1v) is 10.4. The largest absolute Gasteiger partial charge is 0.382 e. The van der Waals surface area contributed by atoms with Crippen molar-refractivity contribution in [3.63, 3.8) is 0 Å². The molecule has 4 rings (SSSR count). The number of fused-ring (bicyclic) bond motifs is 1. The maximum Gasteiger partial charge on any atom is 0.255 e. The second kappa shape index (κ2) is 8.68. The molecule has 3 aromatic rings. The Morgan fingerprint density at radius 2 is 2.10 bits per heavy atom. The molecule has 0 bridgehead atoms. The Balaban J connectivity index is 1.65. The maximum atomic E-state index is 13.9. The molecule has 1 saturated carbocycles. The van der Waals surface area contributed by atoms with E-state index in [1.165, 1.54) is 12.4 Å². The van der Waals surface area contributed by atoms with Crippen molar-refractivity contribution in [1.82, 2.24) is 24.9 Å². The Kier molecular flexibility index (Phi) is 5.80. The molecule has 0 spiro atoms. The van der Waals surface area contributed by atoms with E-state index < -0.39 is 6.17 Å². The van der Waals surface area contributed by atoms with Crippen LogP contribution in [0.15, 0.2) is 30.7 Å². The number of pyridine rings is 1. The molecule has 2 N–H and O–H groups in total. The molecule has 1 atom stereocenters. The number of hydrogen-bond acceptors (Lipinski definition) is 6. The van der Waals surface area contributed by atoms with Crippen LogP contribution in [0.4, 0.5) is 10.1 Å². The predicted molar refractivity (Wildman–Crippen MR) is 114 cm³/mol. The molecule has 3 heterocycles. The molecule has 0 aromatic carbocycles. The molecular weight excluding hydrogens is 397 g/mol. The molecular formula is C22H24FN7O. The van der Waals surface area contributed by atoms with E-state index >= 15 is 0 Å². The Morgan fingerprint density at radius 1 is 1.29 bits per heavy atom. The topological polar surface area (TPSA) is 108 Å². The highest BCUT2D eigenvalue weighted by Crippen LogP contribution is 2.28. The number of aromatic nitrogens is 4. The molecule has 160 valence electrons. The van der Waals surface area contributed by atoms with Gasteiger partial charge in [-0.05, 0) is 31.2 Å². The number of hydrogen-bond donors (Lipinski definition) is 2.